The van der Waals surface area contributed by atoms with Crippen LogP contribution in [0.25, 0.3) is 0 Å². The molecule has 0 fully saturated rings. The highest BCUT2D eigenvalue weighted by Crippen LogP contribution is 2.22. The van der Waals surface area contributed by atoms with Gasteiger partial charge >= 0.3 is 12.3 Å². The van der Waals surface area contributed by atoms with Crippen molar-refractivity contribution in [2.75, 3.05) is 13.2 Å². The van der Waals surface area contributed by atoms with Gasteiger partial charge < -0.3 is 10.5 Å². The van der Waals surface area contributed by atoms with Crippen molar-refractivity contribution in [3.05, 3.63) is 0 Å². The van der Waals surface area contributed by atoms with Gasteiger partial charge in [0.1, 0.15) is 6.61 Å². The van der Waals surface area contributed by atoms with Gasteiger partial charge in [0, 0.05) is 0 Å². The molecule has 12 heavy (non-hydrogen) atoms. The molecule has 0 atom stereocenters. The van der Waals surface area contributed by atoms with E-state index < -0.39 is 25.6 Å². The van der Waals surface area contributed by atoms with Gasteiger partial charge in [0.25, 0.3) is 0 Å². The summed E-state index contributed by atoms with van der Waals surface area (Å²) in [6.07, 6.45) is -3.73. The Morgan fingerprint density at radius 1 is 1.50 bits per heavy atom. The Labute approximate surface area is 71.7 Å². The fourth-order valence-corrected chi connectivity index (χ4v) is 0.434. The van der Waals surface area contributed by atoms with Crippen molar-refractivity contribution in [1.82, 2.24) is 0 Å². The highest BCUT2D eigenvalue weighted by molar-refractivity contribution is 7.80. The van der Waals surface area contributed by atoms with Crippen molar-refractivity contribution >= 4 is 17.2 Å². The average molecular weight is 205 g/mol. The van der Waals surface area contributed by atoms with Gasteiger partial charge in [0.15, 0.2) is 0 Å². The Bertz CT molecular complexity index is 164. The fraction of sp³-hybridized carbons (Fsp3) is 0.800. The molecule has 0 aromatic heterocycles. The van der Waals surface area contributed by atoms with E-state index in [1.54, 1.807) is 0 Å². The Hall–Kier alpha value is -0.430. The molecule has 2 N–H and O–H groups in total. The first-order valence-electron chi connectivity index (χ1n) is 2.88. The summed E-state index contributed by atoms with van der Waals surface area (Å²) in [5.74, 6) is -4.13. The van der Waals surface area contributed by atoms with Crippen molar-refractivity contribution in [2.24, 2.45) is 5.73 Å². The summed E-state index contributed by atoms with van der Waals surface area (Å²) in [6, 6.07) is 0. The second-order valence-corrected chi connectivity index (χ2v) is 2.55. The Kier molecular flexibility index (Phi) is 4.40. The summed E-state index contributed by atoms with van der Waals surface area (Å²) in [5, 5.41) is 0. The molecule has 0 radical (unpaired) electrons. The van der Waals surface area contributed by atoms with Crippen LogP contribution in [-0.2, 0) is 4.74 Å². The molecule has 0 rings (SSSR count). The number of alkyl halides is 4. The zero-order chi connectivity index (χ0) is 9.78. The monoisotopic (exact) mass is 205 g/mol. The van der Waals surface area contributed by atoms with Crippen LogP contribution in [0.5, 0.6) is 0 Å². The van der Waals surface area contributed by atoms with Crippen LogP contribution in [0, 0.1) is 0 Å². The van der Waals surface area contributed by atoms with E-state index in [2.05, 4.69) is 17.0 Å². The third-order valence-electron chi connectivity index (χ3n) is 0.858. The summed E-state index contributed by atoms with van der Waals surface area (Å²) >= 11 is 4.27. The average Bonchev–Trinajstić information content (AvgIpc) is 1.85. The minimum atomic E-state index is -4.13. The van der Waals surface area contributed by atoms with Gasteiger partial charge in [0.2, 0.25) is 0 Å². The number of hydrogen-bond donors (Lipinski definition) is 1. The Morgan fingerprint density at radius 2 is 2.00 bits per heavy atom. The topological polar surface area (TPSA) is 35.2 Å². The van der Waals surface area contributed by atoms with Crippen LogP contribution in [0.2, 0.25) is 0 Å². The van der Waals surface area contributed by atoms with Gasteiger partial charge in [0.05, 0.1) is 11.6 Å². The number of hydrogen-bond acceptors (Lipinski definition) is 2. The second-order valence-electron chi connectivity index (χ2n) is 2.02. The van der Waals surface area contributed by atoms with Crippen molar-refractivity contribution in [2.45, 2.75) is 12.3 Å². The molecule has 0 heterocycles. The second kappa shape index (κ2) is 4.56. The molecule has 0 saturated carbocycles. The zero-order valence-electron chi connectivity index (χ0n) is 5.90. The van der Waals surface area contributed by atoms with Crippen molar-refractivity contribution < 1.29 is 22.3 Å². The van der Waals surface area contributed by atoms with Gasteiger partial charge in [-0.05, 0) is 0 Å². The van der Waals surface area contributed by atoms with E-state index in [0.29, 0.717) is 0 Å². The maximum Gasteiger partial charge on any atom is 0.330 e. The largest absolute Gasteiger partial charge is 0.391 e. The van der Waals surface area contributed by atoms with Crippen LogP contribution in [0.1, 0.15) is 0 Å². The molecule has 0 saturated heterocycles. The lowest BCUT2D eigenvalue weighted by Crippen LogP contribution is -2.33. The van der Waals surface area contributed by atoms with E-state index >= 15 is 0 Å². The standard InChI is InChI=1S/C5H7F4NOS/c6-4(7)5(8,9)2-11-1-3(10)12/h4H,1-2H2,(H2,10,12). The molecule has 0 aliphatic rings. The van der Waals surface area contributed by atoms with Gasteiger partial charge in [-0.3, -0.25) is 0 Å². The van der Waals surface area contributed by atoms with E-state index in [1.165, 1.54) is 0 Å². The van der Waals surface area contributed by atoms with Crippen LogP contribution in [0.3, 0.4) is 0 Å². The smallest absolute Gasteiger partial charge is 0.330 e. The third-order valence-corrected chi connectivity index (χ3v) is 0.976. The SMILES string of the molecule is NC(=S)COCC(F)(F)C(F)F. The summed E-state index contributed by atoms with van der Waals surface area (Å²) in [6.45, 7) is -1.79. The molecule has 0 bridgehead atoms. The maximum absolute atomic E-state index is 12.0. The minimum Gasteiger partial charge on any atom is -0.391 e. The molecule has 0 amide bonds. The molecule has 0 aliphatic heterocycles. The van der Waals surface area contributed by atoms with E-state index in [4.69, 9.17) is 5.73 Å². The molecular weight excluding hydrogens is 198 g/mol. The molecule has 0 aliphatic carbocycles. The molecule has 0 unspecified atom stereocenters. The van der Waals surface area contributed by atoms with E-state index in [-0.39, 0.29) is 4.99 Å². The highest BCUT2D eigenvalue weighted by Gasteiger charge is 2.40. The summed E-state index contributed by atoms with van der Waals surface area (Å²) in [7, 11) is 0. The molecule has 0 spiro atoms. The minimum absolute atomic E-state index is 0.153. The number of nitrogens with two attached hydrogens (primary N) is 1. The fourth-order valence-electron chi connectivity index (χ4n) is 0.351. The molecule has 2 nitrogen and oxygen atoms in total. The normalized spacial score (nSPS) is 12.1. The molecule has 7 heteroatoms. The van der Waals surface area contributed by atoms with Crippen LogP contribution in [0.15, 0.2) is 0 Å². The molecule has 72 valence electrons. The Balaban J connectivity index is 3.69. The lowest BCUT2D eigenvalue weighted by Gasteiger charge is -2.14. The summed E-state index contributed by atoms with van der Waals surface area (Å²) in [4.78, 5) is -0.153. The third kappa shape index (κ3) is 4.45. The lowest BCUT2D eigenvalue weighted by atomic mass is 10.4. The van der Waals surface area contributed by atoms with Crippen LogP contribution < -0.4 is 5.73 Å². The first-order valence-corrected chi connectivity index (χ1v) is 3.29. The Morgan fingerprint density at radius 3 is 2.33 bits per heavy atom. The van der Waals surface area contributed by atoms with Crippen molar-refractivity contribution in [1.29, 1.82) is 0 Å². The number of ether oxygens (including phenoxy) is 1. The number of halogens is 4. The van der Waals surface area contributed by atoms with Gasteiger partial charge in [-0.2, -0.15) is 8.78 Å². The van der Waals surface area contributed by atoms with Crippen LogP contribution in [0.4, 0.5) is 17.6 Å². The quantitative estimate of drug-likeness (QED) is 0.541. The van der Waals surface area contributed by atoms with E-state index in [1.807, 2.05) is 0 Å². The van der Waals surface area contributed by atoms with Gasteiger partial charge in [-0.25, -0.2) is 8.78 Å². The van der Waals surface area contributed by atoms with Crippen LogP contribution in [-0.4, -0.2) is 30.6 Å². The highest BCUT2D eigenvalue weighted by atomic mass is 32.1. The van der Waals surface area contributed by atoms with E-state index in [0.717, 1.165) is 0 Å². The van der Waals surface area contributed by atoms with Gasteiger partial charge in [-0.15, -0.1) is 0 Å². The van der Waals surface area contributed by atoms with E-state index in [9.17, 15) is 17.6 Å². The van der Waals surface area contributed by atoms with Crippen LogP contribution >= 0.6 is 12.2 Å². The predicted octanol–water partition coefficient (Wildman–Crippen LogP) is 1.19. The maximum atomic E-state index is 12.0. The first-order chi connectivity index (χ1) is 5.36. The summed E-state index contributed by atoms with van der Waals surface area (Å²) < 4.78 is 51.1. The summed E-state index contributed by atoms with van der Waals surface area (Å²) in [5.41, 5.74) is 4.87. The number of rotatable bonds is 5. The predicted molar refractivity (Wildman–Crippen MR) is 38.6 cm³/mol. The first kappa shape index (κ1) is 11.6. The molecule has 0 aromatic rings. The molecule has 0 aromatic carbocycles. The van der Waals surface area contributed by atoms with Gasteiger partial charge in [-0.1, -0.05) is 12.2 Å². The zero-order valence-corrected chi connectivity index (χ0v) is 6.71. The molecular formula is C5H7F4NOS. The lowest BCUT2D eigenvalue weighted by molar-refractivity contribution is -0.162. The van der Waals surface area contributed by atoms with Crippen molar-refractivity contribution in [3.63, 3.8) is 0 Å². The van der Waals surface area contributed by atoms with Crippen molar-refractivity contribution in [3.8, 4) is 0 Å². The number of thiocarbonyl (C=S) groups is 1.